The summed E-state index contributed by atoms with van der Waals surface area (Å²) in [6.07, 6.45) is 4.72. The largest absolute Gasteiger partial charge is 0.361 e. The summed E-state index contributed by atoms with van der Waals surface area (Å²) in [7, 11) is 0. The zero-order chi connectivity index (χ0) is 16.9. The van der Waals surface area contributed by atoms with Gasteiger partial charge in [-0.3, -0.25) is 0 Å². The zero-order valence-electron chi connectivity index (χ0n) is 14.4. The summed E-state index contributed by atoms with van der Waals surface area (Å²) in [5.74, 6) is 0.899. The van der Waals surface area contributed by atoms with E-state index >= 15 is 0 Å². The number of urea groups is 1. The van der Waals surface area contributed by atoms with E-state index in [4.69, 9.17) is 4.52 Å². The number of likely N-dealkylation sites (tertiary alicyclic amines) is 1. The van der Waals surface area contributed by atoms with E-state index < -0.39 is 0 Å². The lowest BCUT2D eigenvalue weighted by atomic mass is 10.1. The number of hydrogen-bond acceptors (Lipinski definition) is 3. The van der Waals surface area contributed by atoms with Crippen molar-refractivity contribution in [3.63, 3.8) is 0 Å². The Balaban J connectivity index is 1.73. The van der Waals surface area contributed by atoms with E-state index in [9.17, 15) is 4.79 Å². The van der Waals surface area contributed by atoms with E-state index in [1.54, 1.807) is 0 Å². The summed E-state index contributed by atoms with van der Waals surface area (Å²) >= 11 is 0. The molecule has 0 aliphatic carbocycles. The first-order valence-electron chi connectivity index (χ1n) is 8.84. The van der Waals surface area contributed by atoms with Crippen LogP contribution < -0.4 is 5.32 Å². The molecule has 0 bridgehead atoms. The minimum absolute atomic E-state index is 0.00754. The van der Waals surface area contributed by atoms with Crippen molar-refractivity contribution < 1.29 is 9.32 Å². The second kappa shape index (κ2) is 7.51. The third-order valence-electron chi connectivity index (χ3n) is 4.57. The lowest BCUT2D eigenvalue weighted by molar-refractivity contribution is 0.204. The Hall–Kier alpha value is -2.30. The fourth-order valence-electron chi connectivity index (χ4n) is 3.31. The highest BCUT2D eigenvalue weighted by atomic mass is 16.5. The number of aryl methyl sites for hydroxylation is 2. The quantitative estimate of drug-likeness (QED) is 0.876. The number of carbonyl (C=O) groups is 1. The molecule has 1 saturated heterocycles. The standard InChI is InChI=1S/C19H25N3O2/c1-3-8-15-13-17(21-24-15)18-11-7-12-22(18)19(23)20-16-10-6-5-9-14(16)4-2/h5-6,9-10,13,18H,3-4,7-8,11-12H2,1-2H3,(H,20,23)/t18-/m1/s1. The first-order chi connectivity index (χ1) is 11.7. The maximum absolute atomic E-state index is 12.8. The molecule has 128 valence electrons. The third-order valence-corrected chi connectivity index (χ3v) is 4.57. The van der Waals surface area contributed by atoms with E-state index in [2.05, 4.69) is 24.3 Å². The van der Waals surface area contributed by atoms with Crippen molar-refractivity contribution in [3.05, 3.63) is 47.3 Å². The average Bonchev–Trinajstić information content (AvgIpc) is 3.24. The van der Waals surface area contributed by atoms with Gasteiger partial charge in [-0.05, 0) is 37.3 Å². The molecule has 1 fully saturated rings. The highest BCUT2D eigenvalue weighted by Gasteiger charge is 2.32. The molecule has 0 saturated carbocycles. The van der Waals surface area contributed by atoms with Gasteiger partial charge in [0.2, 0.25) is 0 Å². The van der Waals surface area contributed by atoms with Gasteiger partial charge in [0.15, 0.2) is 0 Å². The number of aromatic nitrogens is 1. The van der Waals surface area contributed by atoms with Crippen molar-refractivity contribution in [2.45, 2.75) is 52.0 Å². The number of nitrogens with one attached hydrogen (secondary N) is 1. The van der Waals surface area contributed by atoms with Gasteiger partial charge in [0, 0.05) is 24.7 Å². The number of benzene rings is 1. The van der Waals surface area contributed by atoms with E-state index in [0.717, 1.165) is 61.4 Å². The molecule has 2 amide bonds. The topological polar surface area (TPSA) is 58.4 Å². The van der Waals surface area contributed by atoms with Crippen molar-refractivity contribution in [1.29, 1.82) is 0 Å². The second-order valence-corrected chi connectivity index (χ2v) is 6.26. The summed E-state index contributed by atoms with van der Waals surface area (Å²) < 4.78 is 5.39. The van der Waals surface area contributed by atoms with Crippen LogP contribution in [0.5, 0.6) is 0 Å². The van der Waals surface area contributed by atoms with E-state index in [-0.39, 0.29) is 12.1 Å². The summed E-state index contributed by atoms with van der Waals surface area (Å²) in [6, 6.07) is 9.90. The number of amides is 2. The normalized spacial score (nSPS) is 17.2. The highest BCUT2D eigenvalue weighted by Crippen LogP contribution is 2.32. The van der Waals surface area contributed by atoms with Gasteiger partial charge in [-0.2, -0.15) is 0 Å². The molecule has 1 aliphatic heterocycles. The zero-order valence-corrected chi connectivity index (χ0v) is 14.4. The minimum atomic E-state index is -0.0570. The Morgan fingerprint density at radius 2 is 2.21 bits per heavy atom. The summed E-state index contributed by atoms with van der Waals surface area (Å²) in [4.78, 5) is 14.6. The van der Waals surface area contributed by atoms with Crippen LogP contribution in [-0.2, 0) is 12.8 Å². The van der Waals surface area contributed by atoms with Crippen molar-refractivity contribution in [1.82, 2.24) is 10.1 Å². The second-order valence-electron chi connectivity index (χ2n) is 6.26. The van der Waals surface area contributed by atoms with Gasteiger partial charge in [-0.1, -0.05) is 37.2 Å². The number of nitrogens with zero attached hydrogens (tertiary/aromatic N) is 2. The monoisotopic (exact) mass is 327 g/mol. The van der Waals surface area contributed by atoms with Gasteiger partial charge < -0.3 is 14.7 Å². The Bertz CT molecular complexity index is 695. The molecule has 0 unspecified atom stereocenters. The first kappa shape index (κ1) is 16.6. The highest BCUT2D eigenvalue weighted by molar-refractivity contribution is 5.90. The minimum Gasteiger partial charge on any atom is -0.361 e. The van der Waals surface area contributed by atoms with Crippen molar-refractivity contribution >= 4 is 11.7 Å². The third kappa shape index (κ3) is 3.45. The maximum Gasteiger partial charge on any atom is 0.322 e. The van der Waals surface area contributed by atoms with Gasteiger partial charge in [0.05, 0.1) is 6.04 Å². The Morgan fingerprint density at radius 3 is 3.00 bits per heavy atom. The van der Waals surface area contributed by atoms with Crippen LogP contribution in [0.25, 0.3) is 0 Å². The molecule has 24 heavy (non-hydrogen) atoms. The summed E-state index contributed by atoms with van der Waals surface area (Å²) in [6.45, 7) is 4.96. The predicted molar refractivity (Wildman–Crippen MR) is 94.0 cm³/mol. The van der Waals surface area contributed by atoms with Crippen LogP contribution in [0.3, 0.4) is 0 Å². The fraction of sp³-hybridized carbons (Fsp3) is 0.474. The molecule has 0 radical (unpaired) electrons. The molecular formula is C19H25N3O2. The van der Waals surface area contributed by atoms with Gasteiger partial charge in [0.25, 0.3) is 0 Å². The van der Waals surface area contributed by atoms with Crippen LogP contribution in [0, 0.1) is 0 Å². The molecule has 1 aliphatic rings. The molecule has 5 heteroatoms. The smallest absolute Gasteiger partial charge is 0.322 e. The molecule has 1 atom stereocenters. The first-order valence-corrected chi connectivity index (χ1v) is 8.84. The van der Waals surface area contributed by atoms with Crippen LogP contribution in [-0.4, -0.2) is 22.6 Å². The lowest BCUT2D eigenvalue weighted by Crippen LogP contribution is -2.34. The molecule has 5 nitrogen and oxygen atoms in total. The van der Waals surface area contributed by atoms with Gasteiger partial charge in [0.1, 0.15) is 11.5 Å². The Kier molecular flexibility index (Phi) is 5.18. The predicted octanol–water partition coefficient (Wildman–Crippen LogP) is 4.56. The molecule has 1 aromatic heterocycles. The number of anilines is 1. The van der Waals surface area contributed by atoms with E-state index in [0.29, 0.717) is 0 Å². The average molecular weight is 327 g/mol. The number of carbonyl (C=O) groups excluding carboxylic acids is 1. The molecular weight excluding hydrogens is 302 g/mol. The van der Waals surface area contributed by atoms with Crippen molar-refractivity contribution in [2.75, 3.05) is 11.9 Å². The molecule has 2 aromatic rings. The van der Waals surface area contributed by atoms with Crippen LogP contribution >= 0.6 is 0 Å². The van der Waals surface area contributed by atoms with Crippen LogP contribution in [0.15, 0.2) is 34.9 Å². The molecule has 2 heterocycles. The summed E-state index contributed by atoms with van der Waals surface area (Å²) in [5, 5.41) is 7.26. The van der Waals surface area contributed by atoms with E-state index in [1.165, 1.54) is 0 Å². The van der Waals surface area contributed by atoms with Crippen molar-refractivity contribution in [2.24, 2.45) is 0 Å². The number of rotatable bonds is 5. The number of hydrogen-bond donors (Lipinski definition) is 1. The Labute approximate surface area is 143 Å². The van der Waals surface area contributed by atoms with Gasteiger partial charge >= 0.3 is 6.03 Å². The molecule has 3 rings (SSSR count). The van der Waals surface area contributed by atoms with Gasteiger partial charge in [-0.25, -0.2) is 4.79 Å². The molecule has 1 aromatic carbocycles. The number of para-hydroxylation sites is 1. The van der Waals surface area contributed by atoms with Gasteiger partial charge in [-0.15, -0.1) is 0 Å². The molecule has 1 N–H and O–H groups in total. The van der Waals surface area contributed by atoms with Crippen molar-refractivity contribution in [3.8, 4) is 0 Å². The SMILES string of the molecule is CCCc1cc([C@H]2CCCN2C(=O)Nc2ccccc2CC)no1. The molecule has 0 spiro atoms. The van der Waals surface area contributed by atoms with Crippen LogP contribution in [0.2, 0.25) is 0 Å². The summed E-state index contributed by atoms with van der Waals surface area (Å²) in [5.41, 5.74) is 2.91. The fourth-order valence-corrected chi connectivity index (χ4v) is 3.31. The Morgan fingerprint density at radius 1 is 1.38 bits per heavy atom. The van der Waals surface area contributed by atoms with Crippen LogP contribution in [0.4, 0.5) is 10.5 Å². The lowest BCUT2D eigenvalue weighted by Gasteiger charge is -2.24. The van der Waals surface area contributed by atoms with Crippen LogP contribution in [0.1, 0.15) is 56.2 Å². The van der Waals surface area contributed by atoms with E-state index in [1.807, 2.05) is 35.2 Å². The maximum atomic E-state index is 12.8.